The largest absolute Gasteiger partial charge is 0.309 e. The Morgan fingerprint density at radius 2 is 2.39 bits per heavy atom. The van der Waals surface area contributed by atoms with Gasteiger partial charge in [0.1, 0.15) is 5.82 Å². The highest BCUT2D eigenvalue weighted by molar-refractivity contribution is 7.98. The van der Waals surface area contributed by atoms with Gasteiger partial charge in [0, 0.05) is 12.8 Å². The maximum absolute atomic E-state index is 11.5. The van der Waals surface area contributed by atoms with Crippen LogP contribution in [0.1, 0.15) is 21.1 Å². The molecule has 8 heteroatoms. The summed E-state index contributed by atoms with van der Waals surface area (Å²) in [5.41, 5.74) is 3.10. The smallest absolute Gasteiger partial charge is 0.275 e. The normalized spacial score (nSPS) is 10.6. The van der Waals surface area contributed by atoms with Gasteiger partial charge in [0.25, 0.3) is 5.91 Å². The van der Waals surface area contributed by atoms with Crippen molar-refractivity contribution in [2.45, 2.75) is 17.8 Å². The third-order valence-corrected chi connectivity index (χ3v) is 4.52. The molecule has 0 fully saturated rings. The molecule has 2 rings (SSSR count). The second kappa shape index (κ2) is 5.51. The average Bonchev–Trinajstić information content (AvgIpc) is 2.95. The minimum absolute atomic E-state index is 0.255. The first-order chi connectivity index (χ1) is 8.63. The minimum Gasteiger partial charge on any atom is -0.309 e. The molecule has 2 aromatic heterocycles. The van der Waals surface area contributed by atoms with Gasteiger partial charge >= 0.3 is 0 Å². The van der Waals surface area contributed by atoms with Gasteiger partial charge in [-0.2, -0.15) is 0 Å². The molecule has 0 saturated carbocycles. The van der Waals surface area contributed by atoms with Crippen LogP contribution in [0.4, 0.5) is 0 Å². The second-order valence-electron chi connectivity index (χ2n) is 3.63. The Morgan fingerprint density at radius 3 is 3.00 bits per heavy atom. The van der Waals surface area contributed by atoms with Gasteiger partial charge in [0.2, 0.25) is 0 Å². The van der Waals surface area contributed by atoms with Crippen LogP contribution in [0.3, 0.4) is 0 Å². The molecule has 0 aliphatic carbocycles. The second-order valence-corrected chi connectivity index (χ2v) is 5.48. The molecule has 6 nitrogen and oxygen atoms in total. The van der Waals surface area contributed by atoms with Crippen molar-refractivity contribution in [1.29, 1.82) is 0 Å². The van der Waals surface area contributed by atoms with Crippen LogP contribution in [0.5, 0.6) is 0 Å². The van der Waals surface area contributed by atoms with Crippen LogP contribution in [-0.2, 0) is 12.8 Å². The first-order valence-corrected chi connectivity index (χ1v) is 7.06. The molecular weight excluding hydrogens is 270 g/mol. The Labute approximate surface area is 113 Å². The Bertz CT molecular complexity index is 562. The van der Waals surface area contributed by atoms with Crippen molar-refractivity contribution < 1.29 is 4.79 Å². The highest BCUT2D eigenvalue weighted by atomic mass is 32.2. The molecule has 1 amide bonds. The third-order valence-electron chi connectivity index (χ3n) is 2.49. The summed E-state index contributed by atoms with van der Waals surface area (Å²) in [6.07, 6.45) is 0. The molecule has 0 bridgehead atoms. The summed E-state index contributed by atoms with van der Waals surface area (Å²) in [4.78, 5) is 12.2. The third kappa shape index (κ3) is 2.55. The topological polar surface area (TPSA) is 85.8 Å². The van der Waals surface area contributed by atoms with E-state index in [0.29, 0.717) is 10.6 Å². The first-order valence-electron chi connectivity index (χ1n) is 5.19. The van der Waals surface area contributed by atoms with E-state index in [1.165, 1.54) is 11.3 Å². The quantitative estimate of drug-likeness (QED) is 0.379. The van der Waals surface area contributed by atoms with E-state index in [4.69, 9.17) is 5.84 Å². The average molecular weight is 283 g/mol. The van der Waals surface area contributed by atoms with Gasteiger partial charge in [-0.3, -0.25) is 10.2 Å². The van der Waals surface area contributed by atoms with Gasteiger partial charge in [0.05, 0.1) is 4.88 Å². The summed E-state index contributed by atoms with van der Waals surface area (Å²) in [6.45, 7) is 1.90. The van der Waals surface area contributed by atoms with Crippen molar-refractivity contribution >= 4 is 29.0 Å². The Morgan fingerprint density at radius 1 is 1.61 bits per heavy atom. The van der Waals surface area contributed by atoms with Crippen LogP contribution < -0.4 is 11.3 Å². The fourth-order valence-corrected chi connectivity index (χ4v) is 3.24. The molecule has 0 unspecified atom stereocenters. The monoisotopic (exact) mass is 283 g/mol. The molecule has 0 aliphatic rings. The lowest BCUT2D eigenvalue weighted by atomic mass is 10.3. The Balaban J connectivity index is 2.09. The number of thioether (sulfide) groups is 1. The summed E-state index contributed by atoms with van der Waals surface area (Å²) < 4.78 is 1.92. The zero-order chi connectivity index (χ0) is 13.1. The lowest BCUT2D eigenvalue weighted by molar-refractivity contribution is 0.0957. The summed E-state index contributed by atoms with van der Waals surface area (Å²) in [6, 6.07) is 1.92. The van der Waals surface area contributed by atoms with Gasteiger partial charge in [-0.15, -0.1) is 21.5 Å². The SMILES string of the molecule is Cc1nnc(SCc2ccsc2C(=O)NN)n1C. The number of hydrazine groups is 1. The van der Waals surface area contributed by atoms with Crippen molar-refractivity contribution in [2.24, 2.45) is 12.9 Å². The molecule has 0 aromatic carbocycles. The molecule has 3 N–H and O–H groups in total. The standard InChI is InChI=1S/C10H13N5OS2/c1-6-13-14-10(15(6)2)18-5-7-3-4-17-8(7)9(16)12-11/h3-4H,5,11H2,1-2H3,(H,12,16). The number of amides is 1. The van der Waals surface area contributed by atoms with Crippen molar-refractivity contribution in [3.8, 4) is 0 Å². The fourth-order valence-electron chi connectivity index (χ4n) is 1.37. The molecule has 0 spiro atoms. The van der Waals surface area contributed by atoms with Crippen LogP contribution >= 0.6 is 23.1 Å². The van der Waals surface area contributed by atoms with E-state index in [9.17, 15) is 4.79 Å². The van der Waals surface area contributed by atoms with Crippen molar-refractivity contribution in [1.82, 2.24) is 20.2 Å². The van der Waals surface area contributed by atoms with E-state index < -0.39 is 0 Å². The van der Waals surface area contributed by atoms with E-state index in [1.54, 1.807) is 11.8 Å². The number of rotatable bonds is 4. The number of nitrogens with two attached hydrogens (primary N) is 1. The predicted molar refractivity (Wildman–Crippen MR) is 71.3 cm³/mol. The molecule has 96 valence electrons. The molecule has 0 aliphatic heterocycles. The van der Waals surface area contributed by atoms with Gasteiger partial charge in [-0.05, 0) is 23.9 Å². The highest BCUT2D eigenvalue weighted by Gasteiger charge is 2.13. The first kappa shape index (κ1) is 13.1. The van der Waals surface area contributed by atoms with Crippen LogP contribution in [0, 0.1) is 6.92 Å². The van der Waals surface area contributed by atoms with E-state index in [0.717, 1.165) is 16.5 Å². The van der Waals surface area contributed by atoms with Crippen molar-refractivity contribution in [3.63, 3.8) is 0 Å². The van der Waals surface area contributed by atoms with Gasteiger partial charge in [-0.1, -0.05) is 11.8 Å². The lowest BCUT2D eigenvalue weighted by Crippen LogP contribution is -2.29. The number of nitrogens with one attached hydrogen (secondary N) is 1. The zero-order valence-electron chi connectivity index (χ0n) is 10.0. The van der Waals surface area contributed by atoms with E-state index in [2.05, 4.69) is 15.6 Å². The van der Waals surface area contributed by atoms with Crippen LogP contribution in [0.2, 0.25) is 0 Å². The Kier molecular flexibility index (Phi) is 4.00. The molecule has 0 saturated heterocycles. The maximum atomic E-state index is 11.5. The number of aryl methyl sites for hydroxylation is 1. The Hall–Kier alpha value is -1.38. The van der Waals surface area contributed by atoms with Gasteiger partial charge in [0.15, 0.2) is 5.16 Å². The number of thiophene rings is 1. The molecule has 2 aromatic rings. The molecule has 0 radical (unpaired) electrons. The van der Waals surface area contributed by atoms with E-state index in [1.807, 2.05) is 30.0 Å². The summed E-state index contributed by atoms with van der Waals surface area (Å²) >= 11 is 2.92. The fraction of sp³-hybridized carbons (Fsp3) is 0.300. The number of carbonyl (C=O) groups excluding carboxylic acids is 1. The summed E-state index contributed by atoms with van der Waals surface area (Å²) in [5.74, 6) is 6.41. The molecule has 0 atom stereocenters. The number of carbonyl (C=O) groups is 1. The summed E-state index contributed by atoms with van der Waals surface area (Å²) in [7, 11) is 1.92. The maximum Gasteiger partial charge on any atom is 0.275 e. The summed E-state index contributed by atoms with van der Waals surface area (Å²) in [5, 5.41) is 10.8. The molecule has 18 heavy (non-hydrogen) atoms. The zero-order valence-corrected chi connectivity index (χ0v) is 11.6. The van der Waals surface area contributed by atoms with Crippen LogP contribution in [0.15, 0.2) is 16.6 Å². The number of nitrogen functional groups attached to an aromatic ring is 1. The van der Waals surface area contributed by atoms with Gasteiger partial charge in [-0.25, -0.2) is 5.84 Å². The number of hydrogen-bond acceptors (Lipinski definition) is 6. The number of nitrogens with zero attached hydrogens (tertiary/aromatic N) is 3. The molecular formula is C10H13N5OS2. The van der Waals surface area contributed by atoms with Crippen molar-refractivity contribution in [2.75, 3.05) is 0 Å². The highest BCUT2D eigenvalue weighted by Crippen LogP contribution is 2.25. The number of aromatic nitrogens is 3. The predicted octanol–water partition coefficient (Wildman–Crippen LogP) is 1.08. The minimum atomic E-state index is -0.255. The van der Waals surface area contributed by atoms with Crippen molar-refractivity contribution in [3.05, 3.63) is 27.7 Å². The lowest BCUT2D eigenvalue weighted by Gasteiger charge is -2.03. The van der Waals surface area contributed by atoms with Crippen LogP contribution in [-0.4, -0.2) is 20.7 Å². The molecule has 2 heterocycles. The van der Waals surface area contributed by atoms with Crippen LogP contribution in [0.25, 0.3) is 0 Å². The van der Waals surface area contributed by atoms with E-state index >= 15 is 0 Å². The van der Waals surface area contributed by atoms with E-state index in [-0.39, 0.29) is 5.91 Å². The van der Waals surface area contributed by atoms with Gasteiger partial charge < -0.3 is 4.57 Å². The number of hydrogen-bond donors (Lipinski definition) is 2.